The lowest BCUT2D eigenvalue weighted by Crippen LogP contribution is -2.13. The molecule has 0 atom stereocenters. The van der Waals surface area contributed by atoms with Crippen molar-refractivity contribution < 1.29 is 4.79 Å². The molecule has 0 aliphatic carbocycles. The average molecular weight is 179 g/mol. The molecule has 1 aromatic heterocycles. The summed E-state index contributed by atoms with van der Waals surface area (Å²) < 4.78 is 0. The lowest BCUT2D eigenvalue weighted by Gasteiger charge is -1.85. The Bertz CT molecular complexity index is 199. The van der Waals surface area contributed by atoms with E-state index >= 15 is 0 Å². The number of carbonyl (C=O) groups is 1. The Hall–Kier alpha value is -0.450. The maximum absolute atomic E-state index is 10.7. The van der Waals surface area contributed by atoms with E-state index in [-0.39, 0.29) is 24.7 Å². The summed E-state index contributed by atoms with van der Waals surface area (Å²) in [5.41, 5.74) is 7.17. The van der Waals surface area contributed by atoms with Crippen LogP contribution in [0.15, 0.2) is 10.9 Å². The van der Waals surface area contributed by atoms with E-state index in [4.69, 9.17) is 5.73 Å². The summed E-state index contributed by atoms with van der Waals surface area (Å²) in [5.74, 6) is -0.101. The molecule has 56 valence electrons. The summed E-state index contributed by atoms with van der Waals surface area (Å²) >= 11 is 1.40. The molecular weight excluding hydrogens is 172 g/mol. The van der Waals surface area contributed by atoms with Crippen molar-refractivity contribution in [1.82, 2.24) is 4.98 Å². The zero-order valence-corrected chi connectivity index (χ0v) is 6.74. The molecule has 5 heteroatoms. The molecule has 10 heavy (non-hydrogen) atoms. The Morgan fingerprint density at radius 3 is 2.90 bits per heavy atom. The van der Waals surface area contributed by atoms with E-state index in [2.05, 4.69) is 4.98 Å². The number of nitrogens with two attached hydrogens (primary N) is 1. The molecule has 0 aliphatic rings. The highest BCUT2D eigenvalue weighted by Crippen LogP contribution is 1.99. The van der Waals surface area contributed by atoms with Crippen molar-refractivity contribution in [2.75, 3.05) is 6.54 Å². The van der Waals surface area contributed by atoms with Crippen LogP contribution in [0.1, 0.15) is 10.5 Å². The van der Waals surface area contributed by atoms with Gasteiger partial charge in [-0.25, -0.2) is 4.98 Å². The number of halogens is 1. The third kappa shape index (κ3) is 2.06. The number of thiazole rings is 1. The summed E-state index contributed by atoms with van der Waals surface area (Å²) in [6.45, 7) is 0.0454. The Morgan fingerprint density at radius 2 is 2.50 bits per heavy atom. The predicted molar refractivity (Wildman–Crippen MR) is 42.7 cm³/mol. The van der Waals surface area contributed by atoms with Gasteiger partial charge in [-0.15, -0.1) is 23.7 Å². The average Bonchev–Trinajstić information content (AvgIpc) is 2.37. The van der Waals surface area contributed by atoms with Crippen LogP contribution in [0.25, 0.3) is 0 Å². The molecule has 3 nitrogen and oxygen atoms in total. The maximum Gasteiger partial charge on any atom is 0.195 e. The third-order valence-electron chi connectivity index (χ3n) is 0.903. The molecule has 0 spiro atoms. The lowest BCUT2D eigenvalue weighted by molar-refractivity contribution is 0.0997. The second-order valence-corrected chi connectivity index (χ2v) is 2.22. The van der Waals surface area contributed by atoms with Gasteiger partial charge in [-0.05, 0) is 0 Å². The topological polar surface area (TPSA) is 56.0 Å². The first-order chi connectivity index (χ1) is 4.34. The van der Waals surface area contributed by atoms with Crippen molar-refractivity contribution in [1.29, 1.82) is 0 Å². The smallest absolute Gasteiger partial charge is 0.195 e. The fourth-order valence-corrected chi connectivity index (χ4v) is 1.01. The van der Waals surface area contributed by atoms with Crippen molar-refractivity contribution in [3.8, 4) is 0 Å². The van der Waals surface area contributed by atoms with E-state index < -0.39 is 0 Å². The van der Waals surface area contributed by atoms with E-state index in [1.807, 2.05) is 0 Å². The van der Waals surface area contributed by atoms with Gasteiger partial charge in [-0.3, -0.25) is 4.79 Å². The monoisotopic (exact) mass is 178 g/mol. The number of rotatable bonds is 2. The zero-order chi connectivity index (χ0) is 6.69. The van der Waals surface area contributed by atoms with Gasteiger partial charge in [-0.1, -0.05) is 0 Å². The van der Waals surface area contributed by atoms with Crippen molar-refractivity contribution in [2.24, 2.45) is 5.73 Å². The molecule has 0 fully saturated rings. The van der Waals surface area contributed by atoms with Gasteiger partial charge in [0, 0.05) is 5.38 Å². The first kappa shape index (κ1) is 9.55. The number of nitrogens with zero attached hydrogens (tertiary/aromatic N) is 1. The van der Waals surface area contributed by atoms with E-state index in [0.717, 1.165) is 0 Å². The lowest BCUT2D eigenvalue weighted by atomic mass is 10.3. The summed E-state index contributed by atoms with van der Waals surface area (Å²) in [6, 6.07) is 0. The normalized spacial score (nSPS) is 8.50. The second-order valence-electron chi connectivity index (χ2n) is 1.50. The van der Waals surface area contributed by atoms with Crippen LogP contribution in [0, 0.1) is 0 Å². The van der Waals surface area contributed by atoms with Crippen LogP contribution in [0.5, 0.6) is 0 Å². The van der Waals surface area contributed by atoms with Gasteiger partial charge in [0.15, 0.2) is 5.78 Å². The Kier molecular flexibility index (Phi) is 4.18. The summed E-state index contributed by atoms with van der Waals surface area (Å²) in [6.07, 6.45) is 0. The molecular formula is C5H7ClN2OS. The van der Waals surface area contributed by atoms with E-state index in [1.54, 1.807) is 10.9 Å². The van der Waals surface area contributed by atoms with Crippen LogP contribution >= 0.6 is 23.7 Å². The number of carbonyl (C=O) groups excluding carboxylic acids is 1. The summed E-state index contributed by atoms with van der Waals surface area (Å²) in [7, 11) is 0. The van der Waals surface area contributed by atoms with Crippen LogP contribution in [-0.4, -0.2) is 17.3 Å². The zero-order valence-electron chi connectivity index (χ0n) is 5.11. The fraction of sp³-hybridized carbons (Fsp3) is 0.200. The first-order valence-electron chi connectivity index (χ1n) is 2.46. The molecule has 0 saturated carbocycles. The molecule has 2 N–H and O–H groups in total. The molecule has 1 heterocycles. The minimum absolute atomic E-state index is 0. The quantitative estimate of drug-likeness (QED) is 0.679. The molecule has 0 saturated heterocycles. The maximum atomic E-state index is 10.7. The SMILES string of the molecule is Cl.NCC(=O)c1cscn1. The number of aromatic nitrogens is 1. The van der Waals surface area contributed by atoms with Crippen LogP contribution in [-0.2, 0) is 0 Å². The van der Waals surface area contributed by atoms with Gasteiger partial charge in [-0.2, -0.15) is 0 Å². The van der Waals surface area contributed by atoms with E-state index in [0.29, 0.717) is 5.69 Å². The summed E-state index contributed by atoms with van der Waals surface area (Å²) in [5, 5.41) is 1.69. The minimum atomic E-state index is -0.101. The fourth-order valence-electron chi connectivity index (χ4n) is 0.455. The molecule has 0 radical (unpaired) electrons. The Labute approximate surface area is 68.7 Å². The van der Waals surface area contributed by atoms with E-state index in [1.165, 1.54) is 11.3 Å². The van der Waals surface area contributed by atoms with Gasteiger partial charge in [0.25, 0.3) is 0 Å². The second kappa shape index (κ2) is 4.38. The van der Waals surface area contributed by atoms with Crippen LogP contribution in [0.3, 0.4) is 0 Å². The predicted octanol–water partition coefficient (Wildman–Crippen LogP) is 0.706. The molecule has 0 unspecified atom stereocenters. The highest BCUT2D eigenvalue weighted by Gasteiger charge is 2.02. The van der Waals surface area contributed by atoms with Gasteiger partial charge in [0.05, 0.1) is 12.1 Å². The number of Topliss-reactive ketones (excluding diaryl/α,β-unsaturated/α-hetero) is 1. The standard InChI is InChI=1S/C5H6N2OS.ClH/c6-1-5(8)4-2-9-3-7-4;/h2-3H,1,6H2;1H. The van der Waals surface area contributed by atoms with Crippen LogP contribution in [0.4, 0.5) is 0 Å². The molecule has 0 aliphatic heterocycles. The first-order valence-corrected chi connectivity index (χ1v) is 3.40. The van der Waals surface area contributed by atoms with Crippen molar-refractivity contribution >= 4 is 29.5 Å². The van der Waals surface area contributed by atoms with Gasteiger partial charge < -0.3 is 5.73 Å². The number of hydrogen-bond donors (Lipinski definition) is 1. The Balaban J connectivity index is 0.000000810. The van der Waals surface area contributed by atoms with Crippen LogP contribution < -0.4 is 5.73 Å². The highest BCUT2D eigenvalue weighted by atomic mass is 35.5. The van der Waals surface area contributed by atoms with Gasteiger partial charge in [0.2, 0.25) is 0 Å². The Morgan fingerprint density at radius 1 is 1.80 bits per heavy atom. The van der Waals surface area contributed by atoms with Crippen LogP contribution in [0.2, 0.25) is 0 Å². The molecule has 1 rings (SSSR count). The molecule has 0 amide bonds. The minimum Gasteiger partial charge on any atom is -0.324 e. The van der Waals surface area contributed by atoms with Gasteiger partial charge in [0.1, 0.15) is 5.69 Å². The molecule has 0 bridgehead atoms. The van der Waals surface area contributed by atoms with Crippen molar-refractivity contribution in [3.63, 3.8) is 0 Å². The highest BCUT2D eigenvalue weighted by molar-refractivity contribution is 7.07. The number of ketones is 1. The third-order valence-corrected chi connectivity index (χ3v) is 1.49. The van der Waals surface area contributed by atoms with Crippen molar-refractivity contribution in [3.05, 3.63) is 16.6 Å². The van der Waals surface area contributed by atoms with Gasteiger partial charge >= 0.3 is 0 Å². The number of hydrogen-bond acceptors (Lipinski definition) is 4. The van der Waals surface area contributed by atoms with E-state index in [9.17, 15) is 4.79 Å². The largest absolute Gasteiger partial charge is 0.324 e. The summed E-state index contributed by atoms with van der Waals surface area (Å²) in [4.78, 5) is 14.5. The molecule has 0 aromatic carbocycles. The molecule has 1 aromatic rings. The van der Waals surface area contributed by atoms with Crippen molar-refractivity contribution in [2.45, 2.75) is 0 Å².